The maximum absolute atomic E-state index is 11.8. The Kier molecular flexibility index (Phi) is 6.75. The van der Waals surface area contributed by atoms with Crippen LogP contribution in [0.5, 0.6) is 0 Å². The average Bonchev–Trinajstić information content (AvgIpc) is 2.75. The van der Waals surface area contributed by atoms with E-state index in [0.29, 0.717) is 18.8 Å². The van der Waals surface area contributed by atoms with Gasteiger partial charge in [0.25, 0.3) is 0 Å². The van der Waals surface area contributed by atoms with Gasteiger partial charge in [0.2, 0.25) is 6.21 Å². The van der Waals surface area contributed by atoms with Crippen LogP contribution in [0.2, 0.25) is 0 Å². The molecule has 7 nitrogen and oxygen atoms in total. The number of aliphatic hydroxyl groups is 1. The summed E-state index contributed by atoms with van der Waals surface area (Å²) < 4.78 is 10.2. The minimum absolute atomic E-state index is 0.193. The number of hydrogen-bond acceptors (Lipinski definition) is 6. The lowest BCUT2D eigenvalue weighted by Gasteiger charge is -2.35. The summed E-state index contributed by atoms with van der Waals surface area (Å²) in [6.07, 6.45) is 4.68. The van der Waals surface area contributed by atoms with E-state index >= 15 is 0 Å². The Balaban J connectivity index is 0.000000956. The molecule has 0 amide bonds. The highest BCUT2D eigenvalue weighted by Crippen LogP contribution is 2.17. The van der Waals surface area contributed by atoms with Crippen LogP contribution >= 0.6 is 0 Å². The number of allylic oxidation sites excluding steroid dienone is 1. The molecule has 0 aromatic heterocycles. The van der Waals surface area contributed by atoms with Gasteiger partial charge >= 0.3 is 5.97 Å². The third-order valence-electron chi connectivity index (χ3n) is 2.92. The molecule has 7 heteroatoms. The Morgan fingerprint density at radius 3 is 2.95 bits per heavy atom. The van der Waals surface area contributed by atoms with Gasteiger partial charge in [-0.2, -0.15) is 0 Å². The van der Waals surface area contributed by atoms with E-state index in [1.54, 1.807) is 12.3 Å². The van der Waals surface area contributed by atoms with Crippen molar-refractivity contribution in [3.05, 3.63) is 23.6 Å². The second-order valence-corrected chi connectivity index (χ2v) is 4.09. The monoisotopic (exact) mass is 285 g/mol. The number of ether oxygens (including phenoxy) is 2. The predicted octanol–water partition coefficient (Wildman–Crippen LogP) is -1.65. The van der Waals surface area contributed by atoms with E-state index in [-0.39, 0.29) is 12.0 Å². The zero-order valence-corrected chi connectivity index (χ0v) is 12.0. The first-order chi connectivity index (χ1) is 9.74. The van der Waals surface area contributed by atoms with E-state index in [2.05, 4.69) is 10.1 Å². The van der Waals surface area contributed by atoms with Gasteiger partial charge in [0, 0.05) is 19.7 Å². The zero-order chi connectivity index (χ0) is 15.0. The van der Waals surface area contributed by atoms with Gasteiger partial charge < -0.3 is 19.5 Å². The topological polar surface area (TPSA) is 82.2 Å². The molecule has 2 rings (SSSR count). The second kappa shape index (κ2) is 8.34. The lowest BCUT2D eigenvalue weighted by molar-refractivity contribution is -0.728. The summed E-state index contributed by atoms with van der Waals surface area (Å²) >= 11 is 0. The van der Waals surface area contributed by atoms with E-state index < -0.39 is 0 Å². The molecule has 1 atom stereocenters. The van der Waals surface area contributed by atoms with Gasteiger partial charge in [0.1, 0.15) is 5.70 Å². The second-order valence-electron chi connectivity index (χ2n) is 4.09. The van der Waals surface area contributed by atoms with Crippen LogP contribution in [0, 0.1) is 0 Å². The van der Waals surface area contributed by atoms with E-state index in [1.165, 1.54) is 13.4 Å². The molecule has 0 radical (unpaired) electrons. The first-order valence-electron chi connectivity index (χ1n) is 6.26. The number of esters is 1. The van der Waals surface area contributed by atoms with Gasteiger partial charge in [-0.1, -0.05) is 0 Å². The molecule has 1 unspecified atom stereocenters. The highest BCUT2D eigenvalue weighted by atomic mass is 16.6. The van der Waals surface area contributed by atoms with Crippen molar-refractivity contribution in [3.63, 3.8) is 0 Å². The Labute approximate surface area is 118 Å². The largest absolute Gasteiger partial charge is 0.465 e. The standard InChI is InChI=1S/C12H16N2O4.CH4O/c1-9-8-17-6-4-14(9)11-7-13-18-5-3-10(11)12(15)16-2;1-2/h3,5,7,9H,4,6,8H2,1-2H3;2H,1H3/p+1. The number of hydrogen-bond donors (Lipinski definition) is 2. The van der Waals surface area contributed by atoms with Crippen molar-refractivity contribution >= 4 is 12.2 Å². The molecule has 2 N–H and O–H groups in total. The van der Waals surface area contributed by atoms with Gasteiger partial charge in [-0.05, 0) is 18.2 Å². The number of morpholine rings is 1. The number of aliphatic hydroxyl groups excluding tert-OH is 1. The molecule has 0 aromatic carbocycles. The van der Waals surface area contributed by atoms with Gasteiger partial charge in [0.15, 0.2) is 6.26 Å². The van der Waals surface area contributed by atoms with Crippen LogP contribution in [0.15, 0.2) is 23.6 Å². The molecule has 0 bridgehead atoms. The normalized spacial score (nSPS) is 21.6. The number of nitrogens with one attached hydrogen (secondary N) is 1. The van der Waals surface area contributed by atoms with E-state index in [0.717, 1.165) is 19.4 Å². The molecule has 1 fully saturated rings. The molecular formula is C13H21N2O5+. The van der Waals surface area contributed by atoms with Crippen molar-refractivity contribution in [3.8, 4) is 0 Å². The molecule has 0 aromatic rings. The summed E-state index contributed by atoms with van der Waals surface area (Å²) in [5.74, 6) is -0.386. The van der Waals surface area contributed by atoms with Gasteiger partial charge in [-0.15, -0.1) is 0 Å². The molecule has 2 aliphatic heterocycles. The lowest BCUT2D eigenvalue weighted by Crippen LogP contribution is -2.67. The average molecular weight is 285 g/mol. The van der Waals surface area contributed by atoms with Crippen molar-refractivity contribution in [2.75, 3.05) is 34.0 Å². The number of nitrogens with zero attached hydrogens (tertiary/aromatic N) is 1. The van der Waals surface area contributed by atoms with E-state index in [9.17, 15) is 4.79 Å². The number of carbonyl (C=O) groups excluding carboxylic acids is 1. The number of rotatable bonds is 2. The maximum atomic E-state index is 11.8. The highest BCUT2D eigenvalue weighted by Gasteiger charge is 2.27. The van der Waals surface area contributed by atoms with Crippen molar-refractivity contribution in [1.82, 2.24) is 4.90 Å². The predicted molar refractivity (Wildman–Crippen MR) is 71.4 cm³/mol. The van der Waals surface area contributed by atoms with Crippen LogP contribution in [0.3, 0.4) is 0 Å². The van der Waals surface area contributed by atoms with E-state index in [1.807, 2.05) is 6.92 Å². The van der Waals surface area contributed by atoms with Crippen LogP contribution in [-0.4, -0.2) is 62.2 Å². The van der Waals surface area contributed by atoms with Crippen molar-refractivity contribution < 1.29 is 29.4 Å². The van der Waals surface area contributed by atoms with Gasteiger partial charge in [-0.25, -0.2) is 9.63 Å². The van der Waals surface area contributed by atoms with Gasteiger partial charge in [-0.3, -0.25) is 0 Å². The minimum Gasteiger partial charge on any atom is -0.465 e. The number of carbonyl (C=O) groups is 1. The van der Waals surface area contributed by atoms with Gasteiger partial charge in [0.05, 0.1) is 25.9 Å². The first kappa shape index (κ1) is 16.2. The fraction of sp³-hybridized carbons (Fsp3) is 0.538. The highest BCUT2D eigenvalue weighted by molar-refractivity contribution is 5.97. The maximum Gasteiger partial charge on any atom is 0.340 e. The molecule has 2 heterocycles. The number of methoxy groups -OCH3 is 1. The van der Waals surface area contributed by atoms with Crippen molar-refractivity contribution in [2.45, 2.75) is 13.0 Å². The van der Waals surface area contributed by atoms with Crippen LogP contribution < -0.4 is 5.16 Å². The summed E-state index contributed by atoms with van der Waals surface area (Å²) in [6.45, 7) is 4.05. The molecule has 0 saturated carbocycles. The van der Waals surface area contributed by atoms with Crippen LogP contribution in [-0.2, 0) is 19.1 Å². The first-order valence-corrected chi connectivity index (χ1v) is 6.26. The molecule has 1 saturated heterocycles. The van der Waals surface area contributed by atoms with Crippen LogP contribution in [0.1, 0.15) is 6.92 Å². The Bertz CT molecular complexity index is 417. The Morgan fingerprint density at radius 2 is 2.30 bits per heavy atom. The van der Waals surface area contributed by atoms with E-state index in [4.69, 9.17) is 19.4 Å². The summed E-state index contributed by atoms with van der Waals surface area (Å²) in [6, 6.07) is 0.193. The molecule has 20 heavy (non-hydrogen) atoms. The summed E-state index contributed by atoms with van der Waals surface area (Å²) in [4.78, 5) is 18.9. The summed E-state index contributed by atoms with van der Waals surface area (Å²) in [5.41, 5.74) is 1.22. The summed E-state index contributed by atoms with van der Waals surface area (Å²) in [7, 11) is 2.36. The Morgan fingerprint density at radius 1 is 1.55 bits per heavy atom. The lowest BCUT2D eigenvalue weighted by atomic mass is 10.1. The SMILES string of the molecule is CO.COC(=O)C1=C(N2CCOCC2C)C=[NH+]OC=C1. The third-order valence-corrected chi connectivity index (χ3v) is 2.92. The van der Waals surface area contributed by atoms with Crippen molar-refractivity contribution in [2.24, 2.45) is 0 Å². The van der Waals surface area contributed by atoms with Crippen LogP contribution in [0.4, 0.5) is 0 Å². The zero-order valence-electron chi connectivity index (χ0n) is 12.0. The summed E-state index contributed by atoms with van der Waals surface area (Å²) in [5, 5.41) is 9.66. The molecular weight excluding hydrogens is 264 g/mol. The molecule has 0 aliphatic carbocycles. The quantitative estimate of drug-likeness (QED) is 0.592. The molecule has 2 aliphatic rings. The minimum atomic E-state index is -0.386. The molecule has 0 spiro atoms. The Hall–Kier alpha value is -1.86. The molecule has 112 valence electrons. The van der Waals surface area contributed by atoms with Crippen molar-refractivity contribution in [1.29, 1.82) is 0 Å². The van der Waals surface area contributed by atoms with Crippen LogP contribution in [0.25, 0.3) is 0 Å². The smallest absolute Gasteiger partial charge is 0.340 e. The fourth-order valence-electron chi connectivity index (χ4n) is 2.00. The third kappa shape index (κ3) is 3.82. The fourth-order valence-corrected chi connectivity index (χ4v) is 2.00.